The van der Waals surface area contributed by atoms with Gasteiger partial charge in [-0.3, -0.25) is 0 Å². The molecule has 21 heavy (non-hydrogen) atoms. The zero-order valence-electron chi connectivity index (χ0n) is 11.1. The highest BCUT2D eigenvalue weighted by Gasteiger charge is 2.32. The first-order valence-corrected chi connectivity index (χ1v) is 5.94. The van der Waals surface area contributed by atoms with Gasteiger partial charge in [0.05, 0.1) is 7.11 Å². The molecule has 0 fully saturated rings. The number of rotatable bonds is 5. The summed E-state index contributed by atoms with van der Waals surface area (Å²) in [6.45, 7) is 0.0647. The zero-order valence-corrected chi connectivity index (χ0v) is 11.1. The molecule has 7 heteroatoms. The molecular formula is C14H12F3NO3. The van der Waals surface area contributed by atoms with Crippen LogP contribution < -0.4 is 14.2 Å². The highest BCUT2D eigenvalue weighted by atomic mass is 19.4. The first-order chi connectivity index (χ1) is 9.98. The molecule has 4 nitrogen and oxygen atoms in total. The molecule has 0 bridgehead atoms. The van der Waals surface area contributed by atoms with Crippen LogP contribution in [0.25, 0.3) is 0 Å². The largest absolute Gasteiger partial charge is 0.573 e. The van der Waals surface area contributed by atoms with Gasteiger partial charge < -0.3 is 14.2 Å². The fourth-order valence-electron chi connectivity index (χ4n) is 1.56. The summed E-state index contributed by atoms with van der Waals surface area (Å²) in [4.78, 5) is 3.74. The molecule has 0 saturated carbocycles. The molecule has 1 heterocycles. The summed E-state index contributed by atoms with van der Waals surface area (Å²) in [5.41, 5.74) is 0.763. The van der Waals surface area contributed by atoms with Gasteiger partial charge in [0.15, 0.2) is 5.75 Å². The number of pyridine rings is 1. The van der Waals surface area contributed by atoms with Gasteiger partial charge in [0.1, 0.15) is 12.4 Å². The Labute approximate surface area is 119 Å². The van der Waals surface area contributed by atoms with Gasteiger partial charge in [-0.25, -0.2) is 4.98 Å². The van der Waals surface area contributed by atoms with Crippen molar-refractivity contribution in [3.05, 3.63) is 48.2 Å². The van der Waals surface area contributed by atoms with E-state index < -0.39 is 12.1 Å². The smallest absolute Gasteiger partial charge is 0.497 e. The molecule has 0 unspecified atom stereocenters. The van der Waals surface area contributed by atoms with Gasteiger partial charge >= 0.3 is 6.36 Å². The van der Waals surface area contributed by atoms with Gasteiger partial charge in [-0.2, -0.15) is 0 Å². The quantitative estimate of drug-likeness (QED) is 0.846. The molecular weight excluding hydrogens is 287 g/mol. The van der Waals surface area contributed by atoms with E-state index >= 15 is 0 Å². The Kier molecular flexibility index (Phi) is 4.52. The van der Waals surface area contributed by atoms with E-state index in [4.69, 9.17) is 9.47 Å². The van der Waals surface area contributed by atoms with Gasteiger partial charge in [0.25, 0.3) is 5.88 Å². The van der Waals surface area contributed by atoms with E-state index in [0.717, 1.165) is 11.6 Å². The number of ether oxygens (including phenoxy) is 3. The minimum absolute atomic E-state index is 0.0647. The number of nitrogens with zero attached hydrogens (tertiary/aromatic N) is 1. The van der Waals surface area contributed by atoms with Crippen LogP contribution in [0.4, 0.5) is 13.2 Å². The number of hydrogen-bond donors (Lipinski definition) is 0. The van der Waals surface area contributed by atoms with Crippen LogP contribution >= 0.6 is 0 Å². The summed E-state index contributed by atoms with van der Waals surface area (Å²) >= 11 is 0. The second-order valence-corrected chi connectivity index (χ2v) is 3.99. The van der Waals surface area contributed by atoms with E-state index in [1.165, 1.54) is 12.3 Å². The maximum atomic E-state index is 12.2. The van der Waals surface area contributed by atoms with Crippen molar-refractivity contribution in [2.75, 3.05) is 7.11 Å². The molecule has 2 rings (SSSR count). The molecule has 0 amide bonds. The monoisotopic (exact) mass is 299 g/mol. The van der Waals surface area contributed by atoms with E-state index in [2.05, 4.69) is 9.72 Å². The van der Waals surface area contributed by atoms with Crippen LogP contribution in [0.5, 0.6) is 17.4 Å². The lowest BCUT2D eigenvalue weighted by Gasteiger charge is -2.12. The van der Waals surface area contributed by atoms with Crippen LogP contribution in [0.15, 0.2) is 42.6 Å². The molecule has 0 spiro atoms. The summed E-state index contributed by atoms with van der Waals surface area (Å²) in [6.07, 6.45) is -3.46. The van der Waals surface area contributed by atoms with E-state index in [-0.39, 0.29) is 12.5 Å². The third-order valence-corrected chi connectivity index (χ3v) is 2.50. The maximum absolute atomic E-state index is 12.2. The van der Waals surface area contributed by atoms with Crippen molar-refractivity contribution in [3.8, 4) is 17.4 Å². The van der Waals surface area contributed by atoms with Crippen LogP contribution in [-0.4, -0.2) is 18.5 Å². The molecule has 0 aliphatic carbocycles. The lowest BCUT2D eigenvalue weighted by molar-refractivity contribution is -0.275. The summed E-state index contributed by atoms with van der Waals surface area (Å²) in [6, 6.07) is 9.41. The Hall–Kier alpha value is -2.44. The number of halogens is 3. The van der Waals surface area contributed by atoms with Crippen molar-refractivity contribution in [2.24, 2.45) is 0 Å². The van der Waals surface area contributed by atoms with E-state index in [1.54, 1.807) is 31.4 Å². The normalized spacial score (nSPS) is 11.0. The van der Waals surface area contributed by atoms with Crippen molar-refractivity contribution >= 4 is 0 Å². The van der Waals surface area contributed by atoms with Crippen LogP contribution in [0.1, 0.15) is 5.56 Å². The number of hydrogen-bond acceptors (Lipinski definition) is 4. The van der Waals surface area contributed by atoms with Crippen LogP contribution in [0.2, 0.25) is 0 Å². The van der Waals surface area contributed by atoms with Gasteiger partial charge in [-0.15, -0.1) is 13.2 Å². The first kappa shape index (κ1) is 15.0. The predicted octanol–water partition coefficient (Wildman–Crippen LogP) is 3.57. The highest BCUT2D eigenvalue weighted by Crippen LogP contribution is 2.30. The molecule has 0 atom stereocenters. The molecule has 0 radical (unpaired) electrons. The zero-order chi connectivity index (χ0) is 15.3. The number of alkyl halides is 3. The second-order valence-electron chi connectivity index (χ2n) is 3.99. The minimum Gasteiger partial charge on any atom is -0.497 e. The fourth-order valence-corrected chi connectivity index (χ4v) is 1.56. The standard InChI is InChI=1S/C14H12F3NO3/c1-19-11-6-4-10(5-7-11)9-20-13-12(3-2-8-18-13)21-14(15,16)17/h2-8H,9H2,1H3. The first-order valence-electron chi connectivity index (χ1n) is 5.94. The molecule has 112 valence electrons. The van der Waals surface area contributed by atoms with Crippen molar-refractivity contribution in [1.29, 1.82) is 0 Å². The fraction of sp³-hybridized carbons (Fsp3) is 0.214. The van der Waals surface area contributed by atoms with E-state index in [1.807, 2.05) is 0 Å². The van der Waals surface area contributed by atoms with Gasteiger partial charge in [-0.1, -0.05) is 12.1 Å². The van der Waals surface area contributed by atoms with Crippen molar-refractivity contribution in [1.82, 2.24) is 4.98 Å². The Morgan fingerprint density at radius 3 is 2.43 bits per heavy atom. The molecule has 0 saturated heterocycles. The summed E-state index contributed by atoms with van der Waals surface area (Å²) in [5, 5.41) is 0. The van der Waals surface area contributed by atoms with E-state index in [9.17, 15) is 13.2 Å². The lowest BCUT2D eigenvalue weighted by Crippen LogP contribution is -2.18. The summed E-state index contributed by atoms with van der Waals surface area (Å²) in [5.74, 6) is -0.0122. The van der Waals surface area contributed by atoms with Gasteiger partial charge in [0, 0.05) is 6.20 Å². The number of methoxy groups -OCH3 is 1. The summed E-state index contributed by atoms with van der Waals surface area (Å²) < 4.78 is 50.9. The third-order valence-electron chi connectivity index (χ3n) is 2.50. The van der Waals surface area contributed by atoms with Crippen molar-refractivity contribution < 1.29 is 27.4 Å². The lowest BCUT2D eigenvalue weighted by atomic mass is 10.2. The Morgan fingerprint density at radius 1 is 1.10 bits per heavy atom. The Balaban J connectivity index is 2.05. The highest BCUT2D eigenvalue weighted by molar-refractivity contribution is 5.33. The van der Waals surface area contributed by atoms with Crippen molar-refractivity contribution in [2.45, 2.75) is 13.0 Å². The third kappa shape index (κ3) is 4.55. The minimum atomic E-state index is -4.79. The summed E-state index contributed by atoms with van der Waals surface area (Å²) in [7, 11) is 1.54. The molecule has 1 aromatic heterocycles. The van der Waals surface area contributed by atoms with Gasteiger partial charge in [-0.05, 0) is 29.8 Å². The Morgan fingerprint density at radius 2 is 1.81 bits per heavy atom. The SMILES string of the molecule is COc1ccc(COc2ncccc2OC(F)(F)F)cc1. The molecule has 1 aromatic carbocycles. The Bertz CT molecular complexity index is 585. The van der Waals surface area contributed by atoms with E-state index in [0.29, 0.717) is 5.75 Å². The molecule has 0 aliphatic heterocycles. The van der Waals surface area contributed by atoms with Crippen LogP contribution in [0.3, 0.4) is 0 Å². The number of aromatic nitrogens is 1. The predicted molar refractivity (Wildman–Crippen MR) is 68.2 cm³/mol. The topological polar surface area (TPSA) is 40.6 Å². The van der Waals surface area contributed by atoms with Gasteiger partial charge in [0.2, 0.25) is 0 Å². The number of benzene rings is 1. The van der Waals surface area contributed by atoms with Crippen molar-refractivity contribution in [3.63, 3.8) is 0 Å². The molecule has 2 aromatic rings. The van der Waals surface area contributed by atoms with Crippen LogP contribution in [0, 0.1) is 0 Å². The maximum Gasteiger partial charge on any atom is 0.573 e. The molecule has 0 N–H and O–H groups in total. The average molecular weight is 299 g/mol. The average Bonchev–Trinajstić information content (AvgIpc) is 2.45. The molecule has 0 aliphatic rings. The second kappa shape index (κ2) is 6.34. The van der Waals surface area contributed by atoms with Crippen LogP contribution in [-0.2, 0) is 6.61 Å².